The first-order valence-electron chi connectivity index (χ1n) is 3.59. The summed E-state index contributed by atoms with van der Waals surface area (Å²) in [5.74, 6) is 0. The van der Waals surface area contributed by atoms with E-state index in [4.69, 9.17) is 0 Å². The van der Waals surface area contributed by atoms with Gasteiger partial charge in [-0.3, -0.25) is 4.18 Å². The molecule has 0 saturated carbocycles. The molecule has 0 aromatic heterocycles. The van der Waals surface area contributed by atoms with E-state index in [1.807, 2.05) is 0 Å². The summed E-state index contributed by atoms with van der Waals surface area (Å²) in [5, 5.41) is 1.10. The van der Waals surface area contributed by atoms with Gasteiger partial charge in [-0.2, -0.15) is 8.42 Å². The van der Waals surface area contributed by atoms with Crippen molar-refractivity contribution in [3.63, 3.8) is 0 Å². The zero-order chi connectivity index (χ0) is 8.74. The second-order valence-corrected chi connectivity index (χ2v) is 3.76. The monoisotopic (exact) mass is 201 g/mol. The molecule has 12 heavy (non-hydrogen) atoms. The smallest absolute Gasteiger partial charge is 0.270 e. The number of unbranched alkanes of at least 4 members (excludes halogenated alkanes) is 2. The van der Waals surface area contributed by atoms with Crippen LogP contribution in [-0.2, 0) is 14.3 Å². The molecule has 0 aliphatic carbocycles. The molecule has 0 aliphatic heterocycles. The molecule has 0 fully saturated rings. The van der Waals surface area contributed by atoms with Crippen LogP contribution in [0.2, 0.25) is 0 Å². The van der Waals surface area contributed by atoms with E-state index in [1.54, 1.807) is 6.08 Å². The van der Waals surface area contributed by atoms with Crippen molar-refractivity contribution in [1.29, 1.82) is 0 Å². The zero-order valence-corrected chi connectivity index (χ0v) is 10.7. The second kappa shape index (κ2) is 8.26. The molecule has 0 aromatic carbocycles. The van der Waals surface area contributed by atoms with Crippen LogP contribution in [-0.4, -0.2) is 45.1 Å². The predicted octanol–water partition coefficient (Wildman–Crippen LogP) is 1.29. The number of hydrogen-bond acceptors (Lipinski definition) is 3. The number of rotatable bonds is 5. The molecule has 67 valence electrons. The maximum atomic E-state index is 10.7. The fourth-order valence-electron chi connectivity index (χ4n) is 0.563. The van der Waals surface area contributed by atoms with Gasteiger partial charge in [-0.1, -0.05) is 25.8 Å². The molecular weight excluding hydrogens is 187 g/mol. The molecule has 0 heterocycles. The molecule has 3 nitrogen and oxygen atoms in total. The Labute approximate surface area is 96.6 Å². The Morgan fingerprint density at radius 2 is 2.00 bits per heavy atom. The largest absolute Gasteiger partial charge is 0.289 e. The second-order valence-electron chi connectivity index (χ2n) is 2.17. The van der Waals surface area contributed by atoms with Crippen LogP contribution in [0.25, 0.3) is 0 Å². The van der Waals surface area contributed by atoms with Crippen LogP contribution in [0.3, 0.4) is 0 Å². The fraction of sp³-hybridized carbons (Fsp3) is 0.714. The van der Waals surface area contributed by atoms with Gasteiger partial charge in [0.15, 0.2) is 0 Å². The Morgan fingerprint density at radius 3 is 2.42 bits per heavy atom. The van der Waals surface area contributed by atoms with E-state index in [-0.39, 0.29) is 29.6 Å². The summed E-state index contributed by atoms with van der Waals surface area (Å²) in [5.41, 5.74) is 0. The molecule has 0 bridgehead atoms. The van der Waals surface area contributed by atoms with Crippen LogP contribution in [0.5, 0.6) is 0 Å². The van der Waals surface area contributed by atoms with Crippen LogP contribution < -0.4 is 0 Å². The number of hydrogen-bond donors (Lipinski definition) is 0. The van der Waals surface area contributed by atoms with Gasteiger partial charge in [0, 0.05) is 29.6 Å². The third-order valence-electron chi connectivity index (χ3n) is 1.22. The van der Waals surface area contributed by atoms with Gasteiger partial charge in [0.25, 0.3) is 10.1 Å². The van der Waals surface area contributed by atoms with Crippen molar-refractivity contribution in [3.8, 4) is 0 Å². The molecule has 0 unspecified atom stereocenters. The molecule has 0 N–H and O–H groups in total. The van der Waals surface area contributed by atoms with Crippen LogP contribution in [0, 0.1) is 0 Å². The third kappa shape index (κ3) is 8.74. The van der Waals surface area contributed by atoms with Crippen LogP contribution in [0.1, 0.15) is 26.2 Å². The quantitative estimate of drug-likeness (QED) is 0.382. The first-order chi connectivity index (χ1) is 5.12. The fourth-order valence-corrected chi connectivity index (χ4v) is 1.05. The van der Waals surface area contributed by atoms with E-state index in [9.17, 15) is 8.42 Å². The van der Waals surface area contributed by atoms with E-state index in [0.717, 1.165) is 31.8 Å². The number of allylic oxidation sites excluding steroid dienone is 1. The minimum absolute atomic E-state index is 0. The minimum Gasteiger partial charge on any atom is -0.270 e. The van der Waals surface area contributed by atoms with Gasteiger partial charge in [0.2, 0.25) is 0 Å². The summed E-state index contributed by atoms with van der Waals surface area (Å²) in [6.07, 6.45) is 4.48. The van der Waals surface area contributed by atoms with Crippen molar-refractivity contribution in [2.75, 3.05) is 7.11 Å². The SMILES string of the molecule is CCCCC=CS(=O)(=O)OC.[Na]. The van der Waals surface area contributed by atoms with Crippen LogP contribution >= 0.6 is 0 Å². The van der Waals surface area contributed by atoms with Crippen molar-refractivity contribution in [3.05, 3.63) is 11.5 Å². The van der Waals surface area contributed by atoms with E-state index in [1.165, 1.54) is 0 Å². The average Bonchev–Trinajstić information content (AvgIpc) is 1.99. The van der Waals surface area contributed by atoms with E-state index < -0.39 is 10.1 Å². The maximum Gasteiger partial charge on any atom is 0.289 e. The molecule has 0 rings (SSSR count). The zero-order valence-electron chi connectivity index (χ0n) is 7.91. The van der Waals surface area contributed by atoms with Crippen LogP contribution in [0.15, 0.2) is 11.5 Å². The topological polar surface area (TPSA) is 43.4 Å². The molecule has 0 amide bonds. The molecule has 5 heteroatoms. The Kier molecular flexibility index (Phi) is 10.4. The van der Waals surface area contributed by atoms with Gasteiger partial charge in [-0.25, -0.2) is 0 Å². The maximum absolute atomic E-state index is 10.7. The van der Waals surface area contributed by atoms with Gasteiger partial charge in [0.05, 0.1) is 12.5 Å². The van der Waals surface area contributed by atoms with E-state index >= 15 is 0 Å². The van der Waals surface area contributed by atoms with Crippen molar-refractivity contribution >= 4 is 39.7 Å². The summed E-state index contributed by atoms with van der Waals surface area (Å²) >= 11 is 0. The first kappa shape index (κ1) is 15.1. The van der Waals surface area contributed by atoms with Crippen molar-refractivity contribution in [1.82, 2.24) is 0 Å². The van der Waals surface area contributed by atoms with Gasteiger partial charge in [-0.15, -0.1) is 0 Å². The van der Waals surface area contributed by atoms with E-state index in [2.05, 4.69) is 11.1 Å². The molecule has 0 aliphatic rings. The standard InChI is InChI=1S/C7H14O3S.Na/c1-3-4-5-6-7-11(8,9)10-2;/h6-7H,3-5H2,1-2H3;. The van der Waals surface area contributed by atoms with E-state index in [0.29, 0.717) is 0 Å². The van der Waals surface area contributed by atoms with Crippen molar-refractivity contribution in [2.24, 2.45) is 0 Å². The molecule has 0 saturated heterocycles. The first-order valence-corrected chi connectivity index (χ1v) is 5.06. The van der Waals surface area contributed by atoms with Crippen LogP contribution in [0.4, 0.5) is 0 Å². The summed E-state index contributed by atoms with van der Waals surface area (Å²) in [7, 11) is -2.23. The predicted molar refractivity (Wildman–Crippen MR) is 50.3 cm³/mol. The average molecular weight is 201 g/mol. The summed E-state index contributed by atoms with van der Waals surface area (Å²) in [6, 6.07) is 0. The Bertz CT molecular complexity index is 209. The van der Waals surface area contributed by atoms with Gasteiger partial charge in [-0.05, 0) is 6.42 Å². The molecular formula is C7H14NaO3S. The molecule has 1 radical (unpaired) electrons. The summed E-state index contributed by atoms with van der Waals surface area (Å²) in [4.78, 5) is 0. The van der Waals surface area contributed by atoms with Crippen molar-refractivity contribution in [2.45, 2.75) is 26.2 Å². The van der Waals surface area contributed by atoms with Gasteiger partial charge in [0.1, 0.15) is 0 Å². The van der Waals surface area contributed by atoms with Gasteiger partial charge >= 0.3 is 0 Å². The normalized spacial score (nSPS) is 11.5. The van der Waals surface area contributed by atoms with Gasteiger partial charge < -0.3 is 0 Å². The Hall–Kier alpha value is 0.650. The third-order valence-corrected chi connectivity index (χ3v) is 2.21. The molecule has 0 spiro atoms. The summed E-state index contributed by atoms with van der Waals surface area (Å²) in [6.45, 7) is 2.05. The molecule has 0 aromatic rings. The Balaban J connectivity index is 0. The molecule has 0 atom stereocenters. The summed E-state index contributed by atoms with van der Waals surface area (Å²) < 4.78 is 25.5. The van der Waals surface area contributed by atoms with Crippen molar-refractivity contribution < 1.29 is 12.6 Å². The Morgan fingerprint density at radius 1 is 1.42 bits per heavy atom. The minimum atomic E-state index is -3.38.